The number of aryl methyl sites for hydroxylation is 3. The van der Waals surface area contributed by atoms with Crippen LogP contribution in [0.2, 0.25) is 0 Å². The monoisotopic (exact) mass is 408 g/mol. The summed E-state index contributed by atoms with van der Waals surface area (Å²) in [5.41, 5.74) is 4.64. The molecule has 0 spiro atoms. The standard InChI is InChI=1S/C18H18Br2O/c1-13-10-18(20)16(11-17(13)19)5-3-2-4-14-6-8-15(12-21)9-7-14/h6-12H,2-5H2,1H3. The van der Waals surface area contributed by atoms with Crippen LogP contribution in [-0.4, -0.2) is 6.29 Å². The van der Waals surface area contributed by atoms with Gasteiger partial charge in [0.15, 0.2) is 0 Å². The van der Waals surface area contributed by atoms with Crippen LogP contribution in [0.3, 0.4) is 0 Å². The molecule has 0 heterocycles. The molecule has 0 atom stereocenters. The van der Waals surface area contributed by atoms with E-state index in [-0.39, 0.29) is 0 Å². The summed E-state index contributed by atoms with van der Waals surface area (Å²) in [4.78, 5) is 10.6. The number of rotatable bonds is 6. The van der Waals surface area contributed by atoms with Gasteiger partial charge in [-0.25, -0.2) is 0 Å². The Bertz CT molecular complexity index is 618. The van der Waals surface area contributed by atoms with Crippen molar-refractivity contribution in [3.8, 4) is 0 Å². The third kappa shape index (κ3) is 4.79. The van der Waals surface area contributed by atoms with Gasteiger partial charge in [-0.15, -0.1) is 0 Å². The smallest absolute Gasteiger partial charge is 0.150 e. The summed E-state index contributed by atoms with van der Waals surface area (Å²) in [7, 11) is 0. The van der Waals surface area contributed by atoms with E-state index in [0.717, 1.165) is 37.5 Å². The molecule has 0 aliphatic carbocycles. The van der Waals surface area contributed by atoms with Gasteiger partial charge in [-0.3, -0.25) is 4.79 Å². The highest BCUT2D eigenvalue weighted by Gasteiger charge is 2.04. The Hall–Kier alpha value is -0.930. The van der Waals surface area contributed by atoms with Crippen LogP contribution in [0.15, 0.2) is 45.3 Å². The molecule has 0 aromatic heterocycles. The fourth-order valence-electron chi connectivity index (χ4n) is 2.29. The minimum absolute atomic E-state index is 0.743. The Balaban J connectivity index is 1.84. The van der Waals surface area contributed by atoms with E-state index in [1.807, 2.05) is 24.3 Å². The Morgan fingerprint density at radius 2 is 1.62 bits per heavy atom. The fraction of sp³-hybridized carbons (Fsp3) is 0.278. The molecule has 0 aliphatic rings. The van der Waals surface area contributed by atoms with E-state index in [2.05, 4.69) is 50.9 Å². The quantitative estimate of drug-likeness (QED) is 0.428. The summed E-state index contributed by atoms with van der Waals surface area (Å²) in [6.45, 7) is 2.10. The lowest BCUT2D eigenvalue weighted by molar-refractivity contribution is 0.112. The van der Waals surface area contributed by atoms with Crippen LogP contribution in [0.4, 0.5) is 0 Å². The molecule has 2 aromatic carbocycles. The number of carbonyl (C=O) groups excluding carboxylic acids is 1. The average Bonchev–Trinajstić information content (AvgIpc) is 2.49. The lowest BCUT2D eigenvalue weighted by atomic mass is 10.0. The highest BCUT2D eigenvalue weighted by Crippen LogP contribution is 2.26. The van der Waals surface area contributed by atoms with Crippen molar-refractivity contribution in [2.45, 2.75) is 32.6 Å². The number of hydrogen-bond donors (Lipinski definition) is 0. The molecular formula is C18H18Br2O. The van der Waals surface area contributed by atoms with Gasteiger partial charge in [0.05, 0.1) is 0 Å². The molecule has 21 heavy (non-hydrogen) atoms. The minimum atomic E-state index is 0.743. The van der Waals surface area contributed by atoms with Crippen molar-refractivity contribution in [2.75, 3.05) is 0 Å². The summed E-state index contributed by atoms with van der Waals surface area (Å²) >= 11 is 7.23. The lowest BCUT2D eigenvalue weighted by Gasteiger charge is -2.08. The molecule has 0 aliphatic heterocycles. The number of benzene rings is 2. The van der Waals surface area contributed by atoms with Crippen molar-refractivity contribution >= 4 is 38.1 Å². The van der Waals surface area contributed by atoms with Crippen molar-refractivity contribution in [3.05, 3.63) is 67.6 Å². The Labute approximate surface area is 143 Å². The highest BCUT2D eigenvalue weighted by molar-refractivity contribution is 9.11. The zero-order valence-electron chi connectivity index (χ0n) is 12.0. The van der Waals surface area contributed by atoms with Crippen molar-refractivity contribution in [1.29, 1.82) is 0 Å². The van der Waals surface area contributed by atoms with E-state index >= 15 is 0 Å². The van der Waals surface area contributed by atoms with Gasteiger partial charge in [0.2, 0.25) is 0 Å². The SMILES string of the molecule is Cc1cc(Br)c(CCCCc2ccc(C=O)cc2)cc1Br. The third-order valence-corrected chi connectivity index (χ3v) is 5.20. The van der Waals surface area contributed by atoms with Gasteiger partial charge in [0.1, 0.15) is 6.29 Å². The van der Waals surface area contributed by atoms with Crippen LogP contribution in [0.5, 0.6) is 0 Å². The number of hydrogen-bond acceptors (Lipinski definition) is 1. The summed E-state index contributed by atoms with van der Waals surface area (Å²) in [6, 6.07) is 12.2. The largest absolute Gasteiger partial charge is 0.298 e. The van der Waals surface area contributed by atoms with Crippen molar-refractivity contribution in [1.82, 2.24) is 0 Å². The molecule has 3 heteroatoms. The zero-order valence-corrected chi connectivity index (χ0v) is 15.2. The maximum atomic E-state index is 10.6. The normalized spacial score (nSPS) is 10.6. The fourth-order valence-corrected chi connectivity index (χ4v) is 3.33. The van der Waals surface area contributed by atoms with Crippen molar-refractivity contribution < 1.29 is 4.79 Å². The van der Waals surface area contributed by atoms with Gasteiger partial charge in [0, 0.05) is 14.5 Å². The van der Waals surface area contributed by atoms with Gasteiger partial charge in [0.25, 0.3) is 0 Å². The van der Waals surface area contributed by atoms with Gasteiger partial charge in [-0.1, -0.05) is 56.1 Å². The van der Waals surface area contributed by atoms with Crippen LogP contribution in [0.1, 0.15) is 39.9 Å². The van der Waals surface area contributed by atoms with Crippen LogP contribution in [-0.2, 0) is 12.8 Å². The van der Waals surface area contributed by atoms with E-state index < -0.39 is 0 Å². The molecule has 2 rings (SSSR count). The second-order valence-corrected chi connectivity index (χ2v) is 6.97. The minimum Gasteiger partial charge on any atom is -0.298 e. The predicted octanol–water partition coefficient (Wildman–Crippen LogP) is 5.90. The predicted molar refractivity (Wildman–Crippen MR) is 95.1 cm³/mol. The number of aldehydes is 1. The summed E-state index contributed by atoms with van der Waals surface area (Å²) in [6.07, 6.45) is 5.33. The van der Waals surface area contributed by atoms with Gasteiger partial charge in [-0.05, 0) is 61.4 Å². The first-order valence-electron chi connectivity index (χ1n) is 7.09. The van der Waals surface area contributed by atoms with E-state index in [1.165, 1.54) is 25.6 Å². The summed E-state index contributed by atoms with van der Waals surface area (Å²) in [5.74, 6) is 0. The number of halogens is 2. The number of unbranched alkanes of at least 4 members (excludes halogenated alkanes) is 1. The Kier molecular flexibility index (Phi) is 6.19. The van der Waals surface area contributed by atoms with Gasteiger partial charge < -0.3 is 0 Å². The van der Waals surface area contributed by atoms with Crippen LogP contribution in [0, 0.1) is 6.92 Å². The molecule has 0 saturated carbocycles. The molecule has 1 nitrogen and oxygen atoms in total. The van der Waals surface area contributed by atoms with Gasteiger partial charge >= 0.3 is 0 Å². The molecular weight excluding hydrogens is 392 g/mol. The topological polar surface area (TPSA) is 17.1 Å². The second kappa shape index (κ2) is 7.90. The molecule has 0 fully saturated rings. The summed E-state index contributed by atoms with van der Waals surface area (Å²) < 4.78 is 2.36. The van der Waals surface area contributed by atoms with E-state index in [9.17, 15) is 4.79 Å². The molecule has 0 radical (unpaired) electrons. The summed E-state index contributed by atoms with van der Waals surface area (Å²) in [5, 5.41) is 0. The third-order valence-electron chi connectivity index (χ3n) is 3.61. The van der Waals surface area contributed by atoms with E-state index in [0.29, 0.717) is 0 Å². The van der Waals surface area contributed by atoms with Crippen molar-refractivity contribution in [3.63, 3.8) is 0 Å². The van der Waals surface area contributed by atoms with Crippen LogP contribution in [0.25, 0.3) is 0 Å². The molecule has 0 bridgehead atoms. The average molecular weight is 410 g/mol. The van der Waals surface area contributed by atoms with E-state index in [1.54, 1.807) is 0 Å². The first kappa shape index (κ1) is 16.4. The van der Waals surface area contributed by atoms with Crippen molar-refractivity contribution in [2.24, 2.45) is 0 Å². The van der Waals surface area contributed by atoms with Crippen LogP contribution >= 0.6 is 31.9 Å². The number of carbonyl (C=O) groups is 1. The molecule has 2 aromatic rings. The molecule has 0 saturated heterocycles. The molecule has 0 unspecified atom stereocenters. The molecule has 0 N–H and O–H groups in total. The Morgan fingerprint density at radius 3 is 2.29 bits per heavy atom. The Morgan fingerprint density at radius 1 is 0.952 bits per heavy atom. The maximum Gasteiger partial charge on any atom is 0.150 e. The van der Waals surface area contributed by atoms with Crippen LogP contribution < -0.4 is 0 Å². The maximum absolute atomic E-state index is 10.6. The lowest BCUT2D eigenvalue weighted by Crippen LogP contribution is -1.92. The molecule has 0 amide bonds. The first-order chi connectivity index (χ1) is 10.1. The highest BCUT2D eigenvalue weighted by atomic mass is 79.9. The molecule has 110 valence electrons. The van der Waals surface area contributed by atoms with Gasteiger partial charge in [-0.2, -0.15) is 0 Å². The second-order valence-electron chi connectivity index (χ2n) is 5.26. The zero-order chi connectivity index (χ0) is 15.2. The first-order valence-corrected chi connectivity index (χ1v) is 8.67. The van der Waals surface area contributed by atoms with E-state index in [4.69, 9.17) is 0 Å².